The minimum absolute atomic E-state index is 0.452. The van der Waals surface area contributed by atoms with Gasteiger partial charge in [0.25, 0.3) is 0 Å². The van der Waals surface area contributed by atoms with Gasteiger partial charge in [0.2, 0.25) is 0 Å². The predicted octanol–water partition coefficient (Wildman–Crippen LogP) is -1.88. The zero-order valence-corrected chi connectivity index (χ0v) is 10.5. The summed E-state index contributed by atoms with van der Waals surface area (Å²) in [5.41, 5.74) is 0. The number of unbranched alkanes of at least 4 members (excludes halogenated alkanes) is 1. The monoisotopic (exact) mass is 302 g/mol. The van der Waals surface area contributed by atoms with Crippen LogP contribution in [0.15, 0.2) is 0 Å². The van der Waals surface area contributed by atoms with Crippen LogP contribution in [0.25, 0.3) is 0 Å². The van der Waals surface area contributed by atoms with Crippen molar-refractivity contribution in [2.45, 2.75) is 12.8 Å². The Labute approximate surface area is 90.4 Å². The van der Waals surface area contributed by atoms with Crippen LogP contribution in [-0.4, -0.2) is 43.2 Å². The number of carbonyl (C=O) groups is 1. The molecule has 0 aliphatic heterocycles. The van der Waals surface area contributed by atoms with Gasteiger partial charge in [-0.15, -0.1) is 0 Å². The molecule has 0 aromatic heterocycles. The fourth-order valence-corrected chi connectivity index (χ4v) is 1.26. The summed E-state index contributed by atoms with van der Waals surface area (Å²) >= 11 is -0.452. The first-order valence-corrected chi connectivity index (χ1v) is 7.18. The van der Waals surface area contributed by atoms with Gasteiger partial charge in [-0.05, 0) is 0 Å². The maximum absolute atomic E-state index is 10.7. The van der Waals surface area contributed by atoms with E-state index in [1.54, 1.807) is 0 Å². The molecule has 80 valence electrons. The standard InChI is InChI=1S/C8H17INO3/c1-9-13-8(11)12-7-5-4-6-10(2)3/h4-7H2,1-3H3/q-1. The summed E-state index contributed by atoms with van der Waals surface area (Å²) in [7, 11) is 4.05. The van der Waals surface area contributed by atoms with Crippen molar-refractivity contribution in [2.24, 2.45) is 0 Å². The number of ether oxygens (including phenoxy) is 1. The van der Waals surface area contributed by atoms with Crippen molar-refractivity contribution in [3.05, 3.63) is 0 Å². The topological polar surface area (TPSA) is 38.8 Å². The molecule has 0 aromatic rings. The van der Waals surface area contributed by atoms with Crippen molar-refractivity contribution in [3.63, 3.8) is 0 Å². The molecule has 0 saturated carbocycles. The fourth-order valence-electron chi connectivity index (χ4n) is 0.771. The molecule has 0 heterocycles. The molecule has 0 amide bonds. The molecule has 0 fully saturated rings. The summed E-state index contributed by atoms with van der Waals surface area (Å²) in [4.78, 5) is 14.7. The van der Waals surface area contributed by atoms with Gasteiger partial charge in [0.05, 0.1) is 0 Å². The normalized spacial score (nSPS) is 10.5. The van der Waals surface area contributed by atoms with Gasteiger partial charge in [-0.25, -0.2) is 0 Å². The van der Waals surface area contributed by atoms with Gasteiger partial charge in [-0.2, -0.15) is 0 Å². The molecular weight excluding hydrogens is 285 g/mol. The Hall–Kier alpha value is -0.0400. The van der Waals surface area contributed by atoms with E-state index in [1.807, 2.05) is 19.0 Å². The van der Waals surface area contributed by atoms with Gasteiger partial charge >= 0.3 is 90.3 Å². The van der Waals surface area contributed by atoms with Crippen LogP contribution in [0.2, 0.25) is 0 Å². The molecular formula is C8H17INO3-. The molecule has 0 atom stereocenters. The van der Waals surface area contributed by atoms with E-state index in [-0.39, 0.29) is 0 Å². The van der Waals surface area contributed by atoms with Gasteiger partial charge < -0.3 is 0 Å². The molecule has 4 nitrogen and oxygen atoms in total. The second-order valence-corrected chi connectivity index (χ2v) is 4.16. The van der Waals surface area contributed by atoms with Crippen molar-refractivity contribution in [1.82, 2.24) is 4.90 Å². The van der Waals surface area contributed by atoms with E-state index >= 15 is 0 Å². The summed E-state index contributed by atoms with van der Waals surface area (Å²) in [5.74, 6) is 0. The minimum atomic E-state index is -0.514. The van der Waals surface area contributed by atoms with Crippen molar-refractivity contribution < 1.29 is 34.2 Å². The zero-order chi connectivity index (χ0) is 10.1. The molecule has 0 N–H and O–H groups in total. The Morgan fingerprint density at radius 3 is 2.62 bits per heavy atom. The molecule has 0 spiro atoms. The first-order chi connectivity index (χ1) is 6.16. The van der Waals surface area contributed by atoms with E-state index in [0.717, 1.165) is 19.4 Å². The van der Waals surface area contributed by atoms with E-state index in [4.69, 9.17) is 7.80 Å². The molecule has 13 heavy (non-hydrogen) atoms. The third-order valence-corrected chi connectivity index (χ3v) is 2.16. The van der Waals surface area contributed by atoms with Crippen molar-refractivity contribution >= 4 is 6.16 Å². The first-order valence-electron chi connectivity index (χ1n) is 4.14. The van der Waals surface area contributed by atoms with Crippen LogP contribution in [0.5, 0.6) is 0 Å². The van der Waals surface area contributed by atoms with Gasteiger partial charge in [-0.3, -0.25) is 0 Å². The fraction of sp³-hybridized carbons (Fsp3) is 0.875. The summed E-state index contributed by atoms with van der Waals surface area (Å²) in [5, 5.41) is 0. The zero-order valence-electron chi connectivity index (χ0n) is 8.38. The quantitative estimate of drug-likeness (QED) is 0.249. The molecule has 5 heteroatoms. The molecule has 0 saturated heterocycles. The summed E-state index contributed by atoms with van der Waals surface area (Å²) in [6.07, 6.45) is 1.43. The molecule has 0 aromatic carbocycles. The van der Waals surface area contributed by atoms with Gasteiger partial charge in [0.1, 0.15) is 0 Å². The Balaban J connectivity index is 3.11. The molecule has 0 rings (SSSR count). The van der Waals surface area contributed by atoms with Crippen LogP contribution < -0.4 is 21.6 Å². The molecule has 0 bridgehead atoms. The molecule has 0 radical (unpaired) electrons. The molecule has 0 aliphatic carbocycles. The number of halogens is 1. The predicted molar refractivity (Wildman–Crippen MR) is 46.1 cm³/mol. The SMILES string of the molecule is C[I-]OC(=O)OCCCCN(C)C. The molecule has 0 unspecified atom stereocenters. The van der Waals surface area contributed by atoms with Crippen LogP contribution in [0.4, 0.5) is 4.79 Å². The van der Waals surface area contributed by atoms with Gasteiger partial charge in [-0.1, -0.05) is 0 Å². The van der Waals surface area contributed by atoms with E-state index in [2.05, 4.69) is 4.90 Å². The van der Waals surface area contributed by atoms with E-state index in [1.165, 1.54) is 0 Å². The average molecular weight is 302 g/mol. The molecule has 0 aliphatic rings. The van der Waals surface area contributed by atoms with Crippen molar-refractivity contribution in [3.8, 4) is 0 Å². The Kier molecular flexibility index (Phi) is 8.53. The van der Waals surface area contributed by atoms with E-state index in [9.17, 15) is 4.79 Å². The van der Waals surface area contributed by atoms with Crippen LogP contribution in [0.3, 0.4) is 0 Å². The van der Waals surface area contributed by atoms with Crippen LogP contribution in [-0.2, 0) is 7.80 Å². The van der Waals surface area contributed by atoms with Crippen LogP contribution in [0.1, 0.15) is 12.8 Å². The number of nitrogens with zero attached hydrogens (tertiary/aromatic N) is 1. The number of rotatable bonds is 6. The average Bonchev–Trinajstić information content (AvgIpc) is 2.03. The van der Waals surface area contributed by atoms with E-state index < -0.39 is 27.8 Å². The first kappa shape index (κ1) is 13.0. The van der Waals surface area contributed by atoms with Crippen LogP contribution in [0, 0.1) is 0 Å². The third-order valence-electron chi connectivity index (χ3n) is 1.36. The van der Waals surface area contributed by atoms with Crippen molar-refractivity contribution in [2.75, 3.05) is 32.2 Å². The summed E-state index contributed by atoms with van der Waals surface area (Å²) in [6, 6.07) is 0. The van der Waals surface area contributed by atoms with Crippen molar-refractivity contribution in [1.29, 1.82) is 0 Å². The van der Waals surface area contributed by atoms with Gasteiger partial charge in [0.15, 0.2) is 0 Å². The van der Waals surface area contributed by atoms with Gasteiger partial charge in [0, 0.05) is 0 Å². The number of alkyl halides is 1. The summed E-state index contributed by atoms with van der Waals surface area (Å²) < 4.78 is 9.52. The second-order valence-electron chi connectivity index (χ2n) is 2.84. The third kappa shape index (κ3) is 9.88. The Bertz CT molecular complexity index is 141. The van der Waals surface area contributed by atoms with Crippen LogP contribution >= 0.6 is 0 Å². The summed E-state index contributed by atoms with van der Waals surface area (Å²) in [6.45, 7) is 1.50. The number of hydrogen-bond acceptors (Lipinski definition) is 4. The Morgan fingerprint density at radius 2 is 2.08 bits per heavy atom. The Morgan fingerprint density at radius 1 is 1.38 bits per heavy atom. The number of carbonyl (C=O) groups excluding carboxylic acids is 1. The maximum atomic E-state index is 10.7. The second kappa shape index (κ2) is 8.55. The van der Waals surface area contributed by atoms with E-state index in [0.29, 0.717) is 6.61 Å². The number of hydrogen-bond donors (Lipinski definition) is 0.